The van der Waals surface area contributed by atoms with Gasteiger partial charge in [-0.05, 0) is 31.0 Å². The summed E-state index contributed by atoms with van der Waals surface area (Å²) in [5, 5.41) is 9.71. The zero-order valence-corrected chi connectivity index (χ0v) is 16.6. The van der Waals surface area contributed by atoms with Crippen molar-refractivity contribution in [1.29, 1.82) is 5.26 Å². The molecule has 0 spiro atoms. The quantitative estimate of drug-likeness (QED) is 0.775. The zero-order valence-electron chi connectivity index (χ0n) is 16.6. The molecular weight excluding hydrogens is 368 g/mol. The number of carbonyl (C=O) groups is 1. The van der Waals surface area contributed by atoms with Crippen LogP contribution in [0, 0.1) is 11.3 Å². The molecule has 2 aromatic carbocycles. The van der Waals surface area contributed by atoms with Gasteiger partial charge in [0, 0.05) is 5.56 Å². The summed E-state index contributed by atoms with van der Waals surface area (Å²) < 4.78 is 16.1. The van der Waals surface area contributed by atoms with Crippen molar-refractivity contribution in [3.05, 3.63) is 76.9 Å². The molecule has 2 aromatic rings. The van der Waals surface area contributed by atoms with Gasteiger partial charge in [0.1, 0.15) is 23.2 Å². The first kappa shape index (κ1) is 20.0. The molecule has 0 amide bonds. The number of carbonyl (C=O) groups excluding carboxylic acids is 1. The van der Waals surface area contributed by atoms with Crippen molar-refractivity contribution in [1.82, 2.24) is 0 Å². The van der Waals surface area contributed by atoms with Crippen LogP contribution in [0.5, 0.6) is 5.75 Å². The first-order valence-corrected chi connectivity index (χ1v) is 9.20. The Morgan fingerprint density at radius 1 is 1.24 bits per heavy atom. The van der Waals surface area contributed by atoms with E-state index in [2.05, 4.69) is 6.07 Å². The van der Waals surface area contributed by atoms with Crippen LogP contribution < -0.4 is 10.5 Å². The molecule has 6 heteroatoms. The van der Waals surface area contributed by atoms with Gasteiger partial charge in [-0.1, -0.05) is 42.5 Å². The number of nitrogens with zero attached hydrogens (tertiary/aromatic N) is 1. The van der Waals surface area contributed by atoms with Crippen LogP contribution >= 0.6 is 0 Å². The second-order valence-corrected chi connectivity index (χ2v) is 6.44. The molecule has 0 bridgehead atoms. The van der Waals surface area contributed by atoms with Crippen molar-refractivity contribution >= 4 is 5.97 Å². The number of rotatable bonds is 5. The van der Waals surface area contributed by atoms with Gasteiger partial charge in [0.2, 0.25) is 5.88 Å². The van der Waals surface area contributed by atoms with Crippen LogP contribution in [0.2, 0.25) is 0 Å². The van der Waals surface area contributed by atoms with E-state index in [4.69, 9.17) is 19.9 Å². The van der Waals surface area contributed by atoms with Crippen molar-refractivity contribution in [3.8, 4) is 22.9 Å². The number of nitrogens with two attached hydrogens (primary N) is 1. The van der Waals surface area contributed by atoms with Gasteiger partial charge in [-0.3, -0.25) is 0 Å². The Morgan fingerprint density at radius 2 is 2.00 bits per heavy atom. The maximum Gasteiger partial charge on any atom is 0.338 e. The van der Waals surface area contributed by atoms with E-state index in [0.717, 1.165) is 22.4 Å². The summed E-state index contributed by atoms with van der Waals surface area (Å²) in [4.78, 5) is 12.7. The number of benzene rings is 2. The Kier molecular flexibility index (Phi) is 5.89. The molecule has 6 nitrogen and oxygen atoms in total. The van der Waals surface area contributed by atoms with E-state index in [0.29, 0.717) is 5.76 Å². The second-order valence-electron chi connectivity index (χ2n) is 6.44. The third-order valence-corrected chi connectivity index (χ3v) is 4.74. The normalized spacial score (nSPS) is 16.1. The van der Waals surface area contributed by atoms with Crippen LogP contribution in [-0.4, -0.2) is 19.7 Å². The number of methoxy groups -OCH3 is 1. The molecule has 1 heterocycles. The van der Waals surface area contributed by atoms with E-state index in [1.165, 1.54) is 0 Å². The molecule has 148 valence electrons. The average molecular weight is 390 g/mol. The van der Waals surface area contributed by atoms with Crippen LogP contribution in [0.3, 0.4) is 0 Å². The lowest BCUT2D eigenvalue weighted by molar-refractivity contribution is -0.139. The first-order valence-electron chi connectivity index (χ1n) is 9.20. The molecule has 0 radical (unpaired) electrons. The molecule has 0 fully saturated rings. The van der Waals surface area contributed by atoms with Gasteiger partial charge in [-0.2, -0.15) is 5.26 Å². The highest BCUT2D eigenvalue weighted by atomic mass is 16.5. The van der Waals surface area contributed by atoms with Crippen LogP contribution in [0.25, 0.3) is 11.1 Å². The summed E-state index contributed by atoms with van der Waals surface area (Å²) in [6.45, 7) is 3.58. The standard InChI is InChI=1S/C23H22N2O4/c1-4-28-23(26)20-14(2)29-22(25)18(13-24)21(20)16-9-7-8-15(12-16)17-10-5-6-11-19(17)27-3/h5-12,21H,4,25H2,1-3H3. The van der Waals surface area contributed by atoms with Gasteiger partial charge in [-0.15, -0.1) is 0 Å². The molecule has 2 N–H and O–H groups in total. The van der Waals surface area contributed by atoms with Gasteiger partial charge < -0.3 is 19.9 Å². The highest BCUT2D eigenvalue weighted by Crippen LogP contribution is 2.41. The highest BCUT2D eigenvalue weighted by molar-refractivity contribution is 5.92. The maximum absolute atomic E-state index is 12.7. The number of esters is 1. The van der Waals surface area contributed by atoms with Gasteiger partial charge in [0.25, 0.3) is 0 Å². The highest BCUT2D eigenvalue weighted by Gasteiger charge is 2.36. The minimum atomic E-state index is -0.678. The fourth-order valence-electron chi connectivity index (χ4n) is 3.46. The predicted molar refractivity (Wildman–Crippen MR) is 108 cm³/mol. The Hall–Kier alpha value is -3.72. The third kappa shape index (κ3) is 3.81. The Morgan fingerprint density at radius 3 is 2.69 bits per heavy atom. The van der Waals surface area contributed by atoms with Crippen LogP contribution in [-0.2, 0) is 14.3 Å². The van der Waals surface area contributed by atoms with E-state index in [1.807, 2.05) is 48.5 Å². The molecule has 0 saturated heterocycles. The van der Waals surface area contributed by atoms with Gasteiger partial charge in [-0.25, -0.2) is 4.79 Å². The first-order chi connectivity index (χ1) is 14.0. The monoisotopic (exact) mass is 390 g/mol. The largest absolute Gasteiger partial charge is 0.496 e. The molecular formula is C23H22N2O4. The third-order valence-electron chi connectivity index (χ3n) is 4.74. The molecule has 0 aromatic heterocycles. The molecule has 1 aliphatic rings. The van der Waals surface area contributed by atoms with E-state index in [1.54, 1.807) is 21.0 Å². The molecule has 3 rings (SSSR count). The summed E-state index contributed by atoms with van der Waals surface area (Å²) in [5.74, 6) is -0.164. The van der Waals surface area contributed by atoms with E-state index in [9.17, 15) is 10.1 Å². The van der Waals surface area contributed by atoms with Crippen LogP contribution in [0.1, 0.15) is 25.3 Å². The lowest BCUT2D eigenvalue weighted by atomic mass is 9.82. The average Bonchev–Trinajstić information content (AvgIpc) is 2.73. The van der Waals surface area contributed by atoms with Gasteiger partial charge in [0.15, 0.2) is 0 Å². The van der Waals surface area contributed by atoms with Crippen molar-refractivity contribution in [3.63, 3.8) is 0 Å². The van der Waals surface area contributed by atoms with E-state index >= 15 is 0 Å². The molecule has 0 saturated carbocycles. The predicted octanol–water partition coefficient (Wildman–Crippen LogP) is 4.01. The Bertz CT molecular complexity index is 1050. The number of allylic oxidation sites excluding steroid dienone is 2. The fourth-order valence-corrected chi connectivity index (χ4v) is 3.46. The summed E-state index contributed by atoms with van der Waals surface area (Å²) in [7, 11) is 1.61. The number of nitriles is 1. The minimum Gasteiger partial charge on any atom is -0.496 e. The fraction of sp³-hybridized carbons (Fsp3) is 0.217. The van der Waals surface area contributed by atoms with Crippen molar-refractivity contribution < 1.29 is 19.0 Å². The topological polar surface area (TPSA) is 94.6 Å². The van der Waals surface area contributed by atoms with Gasteiger partial charge >= 0.3 is 5.97 Å². The number of ether oxygens (including phenoxy) is 3. The number of hydrogen-bond acceptors (Lipinski definition) is 6. The summed E-state index contributed by atoms with van der Waals surface area (Å²) >= 11 is 0. The molecule has 1 atom stereocenters. The van der Waals surface area contributed by atoms with Crippen molar-refractivity contribution in [2.75, 3.05) is 13.7 Å². The van der Waals surface area contributed by atoms with E-state index in [-0.39, 0.29) is 23.6 Å². The lowest BCUT2D eigenvalue weighted by Gasteiger charge is -2.27. The Balaban J connectivity index is 2.17. The zero-order chi connectivity index (χ0) is 21.0. The molecule has 0 aliphatic carbocycles. The second kappa shape index (κ2) is 8.53. The number of para-hydroxylation sites is 1. The van der Waals surface area contributed by atoms with Crippen molar-refractivity contribution in [2.45, 2.75) is 19.8 Å². The minimum absolute atomic E-state index is 0.00857. The molecule has 29 heavy (non-hydrogen) atoms. The smallest absolute Gasteiger partial charge is 0.338 e. The molecule has 1 aliphatic heterocycles. The molecule has 1 unspecified atom stereocenters. The van der Waals surface area contributed by atoms with Gasteiger partial charge in [0.05, 0.1) is 25.2 Å². The summed E-state index contributed by atoms with van der Waals surface area (Å²) in [6, 6.07) is 17.3. The Labute approximate surface area is 169 Å². The van der Waals surface area contributed by atoms with E-state index < -0.39 is 11.9 Å². The van der Waals surface area contributed by atoms with Crippen molar-refractivity contribution in [2.24, 2.45) is 5.73 Å². The van der Waals surface area contributed by atoms with Crippen LogP contribution in [0.4, 0.5) is 0 Å². The summed E-state index contributed by atoms with van der Waals surface area (Å²) in [6.07, 6.45) is 0. The maximum atomic E-state index is 12.7. The lowest BCUT2D eigenvalue weighted by Crippen LogP contribution is -2.25. The van der Waals surface area contributed by atoms with Crippen LogP contribution in [0.15, 0.2) is 71.3 Å². The summed E-state index contributed by atoms with van der Waals surface area (Å²) in [5.41, 5.74) is 8.94. The SMILES string of the molecule is CCOC(=O)C1=C(C)OC(N)=C(C#N)C1c1cccc(-c2ccccc2OC)c1. The number of hydrogen-bond donors (Lipinski definition) is 1.